The van der Waals surface area contributed by atoms with Gasteiger partial charge in [0.1, 0.15) is 5.75 Å². The lowest BCUT2D eigenvalue weighted by Crippen LogP contribution is -2.31. The highest BCUT2D eigenvalue weighted by molar-refractivity contribution is 7.89. The van der Waals surface area contributed by atoms with Crippen molar-refractivity contribution in [2.75, 3.05) is 13.7 Å². The molecule has 0 heterocycles. The monoisotopic (exact) mass is 361 g/mol. The lowest BCUT2D eigenvalue weighted by molar-refractivity contribution is 0.199. The number of aliphatic hydroxyl groups is 1. The number of benzene rings is 2. The Morgan fingerprint density at radius 3 is 2.40 bits per heavy atom. The van der Waals surface area contributed by atoms with Crippen LogP contribution in [-0.2, 0) is 16.6 Å². The molecular weight excluding hydrogens is 338 g/mol. The summed E-state index contributed by atoms with van der Waals surface area (Å²) in [6.07, 6.45) is 0.909. The lowest BCUT2D eigenvalue weighted by atomic mass is 10.1. The number of hydrogen-bond acceptors (Lipinski definition) is 4. The van der Waals surface area contributed by atoms with Crippen molar-refractivity contribution in [1.82, 2.24) is 4.31 Å². The van der Waals surface area contributed by atoms with Gasteiger partial charge in [0.2, 0.25) is 10.0 Å². The molecule has 0 unspecified atom stereocenters. The molecule has 0 bridgehead atoms. The zero-order chi connectivity index (χ0) is 18.4. The Morgan fingerprint density at radius 1 is 1.20 bits per heavy atom. The Hall–Kier alpha value is -2.15. The van der Waals surface area contributed by atoms with E-state index in [9.17, 15) is 13.5 Å². The molecule has 0 radical (unpaired) electrons. The fraction of sp³-hybridized carbons (Fsp3) is 0.263. The standard InChI is InChI=1S/C19H23NO4S/c1-4-13-20(14-17-7-5-6-8-19(17)24-3)25(22,23)18-11-9-16(10-12-18)15(2)21/h4-12,15,21H,1,13-14H2,2-3H3/t15-/m1/s1. The highest BCUT2D eigenvalue weighted by atomic mass is 32.2. The Bertz CT molecular complexity index is 814. The summed E-state index contributed by atoms with van der Waals surface area (Å²) < 4.78 is 32.6. The normalized spacial score (nSPS) is 12.8. The molecule has 0 amide bonds. The molecule has 1 atom stereocenters. The maximum Gasteiger partial charge on any atom is 0.243 e. The summed E-state index contributed by atoms with van der Waals surface area (Å²) in [7, 11) is -2.15. The Labute approximate surface area is 149 Å². The summed E-state index contributed by atoms with van der Waals surface area (Å²) in [5, 5.41) is 9.58. The first-order valence-corrected chi connectivity index (χ1v) is 9.35. The summed E-state index contributed by atoms with van der Waals surface area (Å²) in [6, 6.07) is 13.6. The van der Waals surface area contributed by atoms with Crippen molar-refractivity contribution < 1.29 is 18.3 Å². The fourth-order valence-electron chi connectivity index (χ4n) is 2.48. The molecule has 0 aliphatic carbocycles. The largest absolute Gasteiger partial charge is 0.496 e. The van der Waals surface area contributed by atoms with Gasteiger partial charge in [0, 0.05) is 18.7 Å². The van der Waals surface area contributed by atoms with Crippen LogP contribution in [0.3, 0.4) is 0 Å². The van der Waals surface area contributed by atoms with Crippen LogP contribution in [0.5, 0.6) is 5.75 Å². The number of sulfonamides is 1. The van der Waals surface area contributed by atoms with Gasteiger partial charge >= 0.3 is 0 Å². The number of methoxy groups -OCH3 is 1. The predicted octanol–water partition coefficient (Wildman–Crippen LogP) is 3.13. The van der Waals surface area contributed by atoms with Crippen molar-refractivity contribution in [2.24, 2.45) is 0 Å². The first kappa shape index (κ1) is 19.2. The van der Waals surface area contributed by atoms with Crippen LogP contribution in [0.4, 0.5) is 0 Å². The van der Waals surface area contributed by atoms with Crippen LogP contribution in [0.1, 0.15) is 24.2 Å². The average molecular weight is 361 g/mol. The third kappa shape index (κ3) is 4.48. The van der Waals surface area contributed by atoms with Crippen LogP contribution in [0.15, 0.2) is 66.1 Å². The van der Waals surface area contributed by atoms with Crippen LogP contribution < -0.4 is 4.74 Å². The molecule has 134 valence electrons. The van der Waals surface area contributed by atoms with Gasteiger partial charge in [-0.25, -0.2) is 8.42 Å². The van der Waals surface area contributed by atoms with Gasteiger partial charge in [-0.1, -0.05) is 36.4 Å². The van der Waals surface area contributed by atoms with Crippen molar-refractivity contribution in [3.8, 4) is 5.75 Å². The maximum atomic E-state index is 13.0. The maximum absolute atomic E-state index is 13.0. The molecule has 2 aromatic rings. The molecule has 6 heteroatoms. The molecule has 0 saturated heterocycles. The topological polar surface area (TPSA) is 66.8 Å². The van der Waals surface area contributed by atoms with E-state index < -0.39 is 16.1 Å². The molecule has 2 aromatic carbocycles. The van der Waals surface area contributed by atoms with Gasteiger partial charge in [-0.3, -0.25) is 0 Å². The minimum Gasteiger partial charge on any atom is -0.496 e. The van der Waals surface area contributed by atoms with Crippen molar-refractivity contribution in [1.29, 1.82) is 0 Å². The summed E-state index contributed by atoms with van der Waals surface area (Å²) in [5.74, 6) is 0.635. The number of nitrogens with zero attached hydrogens (tertiary/aromatic N) is 1. The quantitative estimate of drug-likeness (QED) is 0.734. The zero-order valence-electron chi connectivity index (χ0n) is 14.4. The molecular formula is C19H23NO4S. The van der Waals surface area contributed by atoms with Gasteiger partial charge in [0.25, 0.3) is 0 Å². The highest BCUT2D eigenvalue weighted by Gasteiger charge is 2.24. The van der Waals surface area contributed by atoms with Gasteiger partial charge in [-0.2, -0.15) is 4.31 Å². The number of para-hydroxylation sites is 1. The van der Waals surface area contributed by atoms with Crippen LogP contribution in [-0.4, -0.2) is 31.5 Å². The Morgan fingerprint density at radius 2 is 1.84 bits per heavy atom. The molecule has 0 aromatic heterocycles. The third-order valence-corrected chi connectivity index (χ3v) is 5.70. The van der Waals surface area contributed by atoms with Crippen LogP contribution in [0.2, 0.25) is 0 Å². The van der Waals surface area contributed by atoms with E-state index >= 15 is 0 Å². The fourth-order valence-corrected chi connectivity index (χ4v) is 3.87. The number of aliphatic hydroxyl groups excluding tert-OH is 1. The molecule has 5 nitrogen and oxygen atoms in total. The van der Waals surface area contributed by atoms with E-state index in [2.05, 4.69) is 6.58 Å². The molecule has 0 spiro atoms. The average Bonchev–Trinajstić information content (AvgIpc) is 2.61. The Kier molecular flexibility index (Phi) is 6.36. The third-order valence-electron chi connectivity index (χ3n) is 3.87. The minimum atomic E-state index is -3.70. The van der Waals surface area contributed by atoms with Crippen LogP contribution in [0.25, 0.3) is 0 Å². The molecule has 0 fully saturated rings. The highest BCUT2D eigenvalue weighted by Crippen LogP contribution is 2.24. The van der Waals surface area contributed by atoms with Crippen molar-refractivity contribution in [2.45, 2.75) is 24.5 Å². The molecule has 1 N–H and O–H groups in total. The number of hydrogen-bond donors (Lipinski definition) is 1. The minimum absolute atomic E-state index is 0.175. The molecule has 0 saturated carbocycles. The van der Waals surface area contributed by atoms with E-state index in [1.807, 2.05) is 18.2 Å². The van der Waals surface area contributed by atoms with Crippen molar-refractivity contribution in [3.05, 3.63) is 72.3 Å². The second kappa shape index (κ2) is 8.29. The van der Waals surface area contributed by atoms with E-state index in [1.165, 1.54) is 16.4 Å². The van der Waals surface area contributed by atoms with Gasteiger partial charge in [-0.05, 0) is 30.7 Å². The van der Waals surface area contributed by atoms with E-state index in [1.54, 1.807) is 38.3 Å². The van der Waals surface area contributed by atoms with Gasteiger partial charge in [0.05, 0.1) is 18.1 Å². The van der Waals surface area contributed by atoms with Crippen LogP contribution in [0, 0.1) is 0 Å². The van der Waals surface area contributed by atoms with Crippen LogP contribution >= 0.6 is 0 Å². The van der Waals surface area contributed by atoms with E-state index in [0.717, 1.165) is 5.56 Å². The van der Waals surface area contributed by atoms with Crippen molar-refractivity contribution in [3.63, 3.8) is 0 Å². The second-order valence-electron chi connectivity index (χ2n) is 5.64. The smallest absolute Gasteiger partial charge is 0.243 e. The first-order valence-electron chi connectivity index (χ1n) is 7.91. The van der Waals surface area contributed by atoms with E-state index in [4.69, 9.17) is 4.74 Å². The predicted molar refractivity (Wildman–Crippen MR) is 97.9 cm³/mol. The number of ether oxygens (including phenoxy) is 1. The van der Waals surface area contributed by atoms with E-state index in [-0.39, 0.29) is 18.0 Å². The molecule has 0 aliphatic heterocycles. The Balaban J connectivity index is 2.35. The molecule has 2 rings (SSSR count). The summed E-state index contributed by atoms with van der Waals surface area (Å²) in [5.41, 5.74) is 1.44. The second-order valence-corrected chi connectivity index (χ2v) is 7.58. The van der Waals surface area contributed by atoms with Gasteiger partial charge < -0.3 is 9.84 Å². The molecule has 25 heavy (non-hydrogen) atoms. The zero-order valence-corrected chi connectivity index (χ0v) is 15.2. The number of rotatable bonds is 8. The van der Waals surface area contributed by atoms with Gasteiger partial charge in [-0.15, -0.1) is 6.58 Å². The van der Waals surface area contributed by atoms with E-state index in [0.29, 0.717) is 11.3 Å². The summed E-state index contributed by atoms with van der Waals surface area (Å²) in [6.45, 7) is 5.65. The summed E-state index contributed by atoms with van der Waals surface area (Å²) in [4.78, 5) is 0.175. The SMILES string of the molecule is C=CCN(Cc1ccccc1OC)S(=O)(=O)c1ccc([C@@H](C)O)cc1. The van der Waals surface area contributed by atoms with Gasteiger partial charge in [0.15, 0.2) is 0 Å². The first-order chi connectivity index (χ1) is 11.9. The summed E-state index contributed by atoms with van der Waals surface area (Å²) >= 11 is 0. The van der Waals surface area contributed by atoms with Crippen molar-refractivity contribution >= 4 is 10.0 Å². The lowest BCUT2D eigenvalue weighted by Gasteiger charge is -2.22. The molecule has 0 aliphatic rings.